The largest absolute Gasteiger partial charge is 0.508 e. The van der Waals surface area contributed by atoms with Gasteiger partial charge in [0.15, 0.2) is 0 Å². The Morgan fingerprint density at radius 3 is 2.24 bits per heavy atom. The highest BCUT2D eigenvalue weighted by molar-refractivity contribution is 6.31. The van der Waals surface area contributed by atoms with Crippen LogP contribution in [0.1, 0.15) is 43.2 Å². The summed E-state index contributed by atoms with van der Waals surface area (Å²) in [5, 5.41) is 10.0. The molecule has 0 amide bonds. The molecule has 21 heavy (non-hydrogen) atoms. The number of phenolic OH excluding ortho intramolecular Hbond substituents is 1. The van der Waals surface area contributed by atoms with Crippen LogP contribution in [-0.4, -0.2) is 5.11 Å². The summed E-state index contributed by atoms with van der Waals surface area (Å²) >= 11 is 6.34. The molecule has 1 fully saturated rings. The first-order valence-electron chi connectivity index (χ1n) is 7.37. The van der Waals surface area contributed by atoms with Gasteiger partial charge in [-0.3, -0.25) is 0 Å². The summed E-state index contributed by atoms with van der Waals surface area (Å²) < 4.78 is 14.5. The van der Waals surface area contributed by atoms with Crippen molar-refractivity contribution in [3.05, 3.63) is 64.4 Å². The third-order valence-electron chi connectivity index (χ3n) is 4.57. The lowest BCUT2D eigenvalue weighted by molar-refractivity contribution is 0.335. The summed E-state index contributed by atoms with van der Waals surface area (Å²) in [6.07, 6.45) is 5.07. The molecule has 3 rings (SSSR count). The topological polar surface area (TPSA) is 20.2 Å². The quantitative estimate of drug-likeness (QED) is 0.784. The van der Waals surface area contributed by atoms with Crippen LogP contribution in [0.2, 0.25) is 5.02 Å². The zero-order valence-corrected chi connectivity index (χ0v) is 12.5. The summed E-state index contributed by atoms with van der Waals surface area (Å²) in [4.78, 5) is 0. The van der Waals surface area contributed by atoms with Gasteiger partial charge in [-0.1, -0.05) is 49.1 Å². The molecule has 0 spiro atoms. The molecule has 1 aliphatic rings. The third-order valence-corrected chi connectivity index (χ3v) is 4.88. The van der Waals surface area contributed by atoms with Crippen molar-refractivity contribution in [1.29, 1.82) is 0 Å². The number of hydrogen-bond acceptors (Lipinski definition) is 1. The van der Waals surface area contributed by atoms with Crippen molar-refractivity contribution < 1.29 is 9.50 Å². The van der Waals surface area contributed by atoms with E-state index in [0.29, 0.717) is 10.6 Å². The third kappa shape index (κ3) is 2.53. The lowest BCUT2D eigenvalue weighted by Gasteiger charge is -2.39. The molecule has 3 heteroatoms. The number of aromatic hydroxyl groups is 1. The molecule has 0 aromatic heterocycles. The van der Waals surface area contributed by atoms with Gasteiger partial charge in [0.1, 0.15) is 11.6 Å². The van der Waals surface area contributed by atoms with Crippen LogP contribution in [0.3, 0.4) is 0 Å². The van der Waals surface area contributed by atoms with Crippen LogP contribution < -0.4 is 0 Å². The molecule has 0 aliphatic heterocycles. The summed E-state index contributed by atoms with van der Waals surface area (Å²) in [5.74, 6) is -0.0122. The molecule has 2 aromatic carbocycles. The van der Waals surface area contributed by atoms with Gasteiger partial charge in [0, 0.05) is 16.0 Å². The molecule has 2 aromatic rings. The predicted octanol–water partition coefficient (Wildman–Crippen LogP) is 5.43. The van der Waals surface area contributed by atoms with Crippen LogP contribution in [0.4, 0.5) is 4.39 Å². The van der Waals surface area contributed by atoms with Gasteiger partial charge in [-0.25, -0.2) is 4.39 Å². The molecule has 0 atom stereocenters. The highest BCUT2D eigenvalue weighted by atomic mass is 35.5. The fraction of sp³-hybridized carbons (Fsp3) is 0.333. The molecular weight excluding hydrogens is 287 g/mol. The Hall–Kier alpha value is -1.54. The van der Waals surface area contributed by atoms with Crippen molar-refractivity contribution in [2.45, 2.75) is 37.5 Å². The van der Waals surface area contributed by atoms with Crippen LogP contribution >= 0.6 is 11.6 Å². The van der Waals surface area contributed by atoms with Crippen molar-refractivity contribution in [3.8, 4) is 5.75 Å². The van der Waals surface area contributed by atoms with Gasteiger partial charge in [-0.05, 0) is 42.7 Å². The van der Waals surface area contributed by atoms with E-state index in [1.165, 1.54) is 12.5 Å². The summed E-state index contributed by atoms with van der Waals surface area (Å²) in [7, 11) is 0. The van der Waals surface area contributed by atoms with Crippen molar-refractivity contribution in [2.75, 3.05) is 0 Å². The van der Waals surface area contributed by atoms with E-state index in [1.54, 1.807) is 24.3 Å². The highest BCUT2D eigenvalue weighted by Crippen LogP contribution is 2.48. The fourth-order valence-corrected chi connectivity index (χ4v) is 3.92. The van der Waals surface area contributed by atoms with Gasteiger partial charge < -0.3 is 5.11 Å². The van der Waals surface area contributed by atoms with Gasteiger partial charge in [0.25, 0.3) is 0 Å². The standard InChI is InChI=1S/C18H18ClFO/c19-15-5-4-6-16(20)17(15)18(11-2-1-3-12-18)13-7-9-14(21)10-8-13/h4-10,21H,1-3,11-12H2. The lowest BCUT2D eigenvalue weighted by Crippen LogP contribution is -2.32. The molecule has 0 saturated heterocycles. The summed E-state index contributed by atoms with van der Waals surface area (Å²) in [6.45, 7) is 0. The van der Waals surface area contributed by atoms with E-state index >= 15 is 0 Å². The monoisotopic (exact) mass is 304 g/mol. The summed E-state index contributed by atoms with van der Waals surface area (Å²) in [6, 6.07) is 12.0. The minimum atomic E-state index is -0.381. The van der Waals surface area contributed by atoms with Gasteiger partial charge in [0.2, 0.25) is 0 Å². The van der Waals surface area contributed by atoms with Crippen LogP contribution in [0.5, 0.6) is 5.75 Å². The van der Waals surface area contributed by atoms with Crippen molar-refractivity contribution in [2.24, 2.45) is 0 Å². The highest BCUT2D eigenvalue weighted by Gasteiger charge is 2.39. The Morgan fingerprint density at radius 1 is 0.952 bits per heavy atom. The van der Waals surface area contributed by atoms with Gasteiger partial charge in [0.05, 0.1) is 0 Å². The number of rotatable bonds is 2. The molecule has 110 valence electrons. The SMILES string of the molecule is Oc1ccc(C2(c3c(F)cccc3Cl)CCCCC2)cc1. The zero-order chi connectivity index (χ0) is 14.9. The lowest BCUT2D eigenvalue weighted by atomic mass is 9.65. The molecule has 0 heterocycles. The van der Waals surface area contributed by atoms with Gasteiger partial charge in [-0.2, -0.15) is 0 Å². The number of phenols is 1. The number of benzene rings is 2. The smallest absolute Gasteiger partial charge is 0.128 e. The van der Waals surface area contributed by atoms with Crippen molar-refractivity contribution >= 4 is 11.6 Å². The molecule has 0 bridgehead atoms. The second-order valence-corrected chi connectivity index (χ2v) is 6.19. The summed E-state index contributed by atoms with van der Waals surface area (Å²) in [5.41, 5.74) is 1.26. The van der Waals surface area contributed by atoms with E-state index < -0.39 is 0 Å². The van der Waals surface area contributed by atoms with Crippen LogP contribution in [-0.2, 0) is 5.41 Å². The fourth-order valence-electron chi connectivity index (χ4n) is 3.57. The Bertz CT molecular complexity index is 610. The first-order valence-corrected chi connectivity index (χ1v) is 7.75. The van der Waals surface area contributed by atoms with Crippen LogP contribution in [0.25, 0.3) is 0 Å². The molecule has 0 radical (unpaired) electrons. The first-order chi connectivity index (χ1) is 10.1. The van der Waals surface area contributed by atoms with E-state index in [0.717, 1.165) is 31.2 Å². The van der Waals surface area contributed by atoms with E-state index in [1.807, 2.05) is 12.1 Å². The molecule has 1 N–H and O–H groups in total. The minimum Gasteiger partial charge on any atom is -0.508 e. The molecule has 1 saturated carbocycles. The Morgan fingerprint density at radius 2 is 1.62 bits per heavy atom. The van der Waals surface area contributed by atoms with Crippen molar-refractivity contribution in [1.82, 2.24) is 0 Å². The maximum Gasteiger partial charge on any atom is 0.128 e. The average molecular weight is 305 g/mol. The van der Waals surface area contributed by atoms with E-state index in [-0.39, 0.29) is 17.0 Å². The van der Waals surface area contributed by atoms with Gasteiger partial charge >= 0.3 is 0 Å². The molecule has 1 nitrogen and oxygen atoms in total. The maximum absolute atomic E-state index is 14.5. The Kier molecular flexibility index (Phi) is 3.90. The Balaban J connectivity index is 2.20. The minimum absolute atomic E-state index is 0.226. The zero-order valence-electron chi connectivity index (χ0n) is 11.8. The van der Waals surface area contributed by atoms with Gasteiger partial charge in [-0.15, -0.1) is 0 Å². The normalized spacial score (nSPS) is 17.6. The second kappa shape index (κ2) is 5.69. The Labute approximate surface area is 129 Å². The first kappa shape index (κ1) is 14.4. The van der Waals surface area contributed by atoms with Crippen LogP contribution in [0.15, 0.2) is 42.5 Å². The molecule has 0 unspecified atom stereocenters. The molecule has 1 aliphatic carbocycles. The average Bonchev–Trinajstić information content (AvgIpc) is 2.48. The van der Waals surface area contributed by atoms with E-state index in [2.05, 4.69) is 0 Å². The molecular formula is C18H18ClFO. The number of hydrogen-bond donors (Lipinski definition) is 1. The van der Waals surface area contributed by atoms with E-state index in [9.17, 15) is 9.50 Å². The van der Waals surface area contributed by atoms with Crippen LogP contribution in [0, 0.1) is 5.82 Å². The number of halogens is 2. The predicted molar refractivity (Wildman–Crippen MR) is 83.4 cm³/mol. The van der Waals surface area contributed by atoms with E-state index in [4.69, 9.17) is 11.6 Å². The second-order valence-electron chi connectivity index (χ2n) is 5.79. The van der Waals surface area contributed by atoms with Crippen molar-refractivity contribution in [3.63, 3.8) is 0 Å². The maximum atomic E-state index is 14.5.